The van der Waals surface area contributed by atoms with Gasteiger partial charge in [0.05, 0.1) is 13.5 Å². The van der Waals surface area contributed by atoms with E-state index in [1.54, 1.807) is 0 Å². The van der Waals surface area contributed by atoms with E-state index in [9.17, 15) is 14.4 Å². The third-order valence-corrected chi connectivity index (χ3v) is 5.24. The Bertz CT molecular complexity index is 963. The van der Waals surface area contributed by atoms with Crippen molar-refractivity contribution >= 4 is 22.8 Å². The van der Waals surface area contributed by atoms with Crippen molar-refractivity contribution in [3.05, 3.63) is 45.3 Å². The maximum absolute atomic E-state index is 12.3. The molecule has 0 radical (unpaired) electrons. The predicted octanol–water partition coefficient (Wildman–Crippen LogP) is 2.09. The first-order valence-electron chi connectivity index (χ1n) is 9.46. The zero-order chi connectivity index (χ0) is 20.4. The molecule has 2 heterocycles. The predicted molar refractivity (Wildman–Crippen MR) is 105 cm³/mol. The van der Waals surface area contributed by atoms with Crippen LogP contribution in [0.25, 0.3) is 11.0 Å². The molecule has 1 aromatic heterocycles. The van der Waals surface area contributed by atoms with Crippen molar-refractivity contribution in [1.82, 2.24) is 10.2 Å². The van der Waals surface area contributed by atoms with Crippen LogP contribution in [-0.4, -0.2) is 43.0 Å². The molecule has 1 aliphatic heterocycles. The smallest absolute Gasteiger partial charge is 0.336 e. The number of hydrogen-bond acceptors (Lipinski definition) is 6. The van der Waals surface area contributed by atoms with Crippen molar-refractivity contribution in [2.24, 2.45) is 0 Å². The average Bonchev–Trinajstić information content (AvgIpc) is 2.63. The summed E-state index contributed by atoms with van der Waals surface area (Å²) in [6.45, 7) is 7.69. The second-order valence-corrected chi connectivity index (χ2v) is 7.51. The number of rotatable bonds is 5. The van der Waals surface area contributed by atoms with Gasteiger partial charge in [-0.3, -0.25) is 14.5 Å². The Morgan fingerprint density at radius 2 is 2.07 bits per heavy atom. The zero-order valence-electron chi connectivity index (χ0n) is 16.7. The minimum absolute atomic E-state index is 0.0297. The summed E-state index contributed by atoms with van der Waals surface area (Å²) in [6, 6.07) is 4.81. The van der Waals surface area contributed by atoms with Crippen molar-refractivity contribution in [3.63, 3.8) is 0 Å². The minimum Gasteiger partial charge on any atom is -0.469 e. The van der Waals surface area contributed by atoms with Crippen LogP contribution in [-0.2, 0) is 20.9 Å². The number of esters is 1. The van der Waals surface area contributed by atoms with Gasteiger partial charge in [0.25, 0.3) is 0 Å². The standard InChI is InChI=1S/C21H26N2O5/c1-12(2)15-9-16-14(8-20(25)28-18(16)7-13(15)3)11-23-6-5-22-21(26)17(23)10-19(24)27-4/h7-9,12,17H,5-6,10-11H2,1-4H3,(H,22,26). The van der Waals surface area contributed by atoms with E-state index in [0.717, 1.165) is 16.5 Å². The number of methoxy groups -OCH3 is 1. The third kappa shape index (κ3) is 4.09. The number of carbonyl (C=O) groups is 2. The molecule has 1 unspecified atom stereocenters. The number of fused-ring (bicyclic) bond motifs is 1. The molecule has 0 spiro atoms. The van der Waals surface area contributed by atoms with Crippen LogP contribution in [0.2, 0.25) is 0 Å². The van der Waals surface area contributed by atoms with E-state index >= 15 is 0 Å². The van der Waals surface area contributed by atoms with Crippen molar-refractivity contribution in [1.29, 1.82) is 0 Å². The Labute approximate surface area is 163 Å². The normalized spacial score (nSPS) is 17.8. The first-order valence-corrected chi connectivity index (χ1v) is 9.46. The molecule has 28 heavy (non-hydrogen) atoms. The van der Waals surface area contributed by atoms with Crippen LogP contribution in [0.1, 0.15) is 42.9 Å². The first-order chi connectivity index (χ1) is 13.3. The van der Waals surface area contributed by atoms with Crippen molar-refractivity contribution in [3.8, 4) is 0 Å². The van der Waals surface area contributed by atoms with E-state index in [2.05, 4.69) is 25.2 Å². The molecule has 3 rings (SSSR count). The summed E-state index contributed by atoms with van der Waals surface area (Å²) < 4.78 is 10.1. The summed E-state index contributed by atoms with van der Waals surface area (Å²) in [5, 5.41) is 3.65. The summed E-state index contributed by atoms with van der Waals surface area (Å²) in [5.74, 6) is -0.318. The van der Waals surface area contributed by atoms with Crippen molar-refractivity contribution in [2.75, 3.05) is 20.2 Å². The van der Waals surface area contributed by atoms with Gasteiger partial charge in [-0.1, -0.05) is 13.8 Å². The Morgan fingerprint density at radius 1 is 1.32 bits per heavy atom. The summed E-state index contributed by atoms with van der Waals surface area (Å²) >= 11 is 0. The number of amides is 1. The molecule has 7 heteroatoms. The molecule has 1 saturated heterocycles. The molecule has 1 N–H and O–H groups in total. The lowest BCUT2D eigenvalue weighted by Crippen LogP contribution is -2.55. The van der Waals surface area contributed by atoms with Gasteiger partial charge >= 0.3 is 11.6 Å². The highest BCUT2D eigenvalue weighted by molar-refractivity contribution is 5.87. The molecule has 150 valence electrons. The molecule has 1 amide bonds. The number of aryl methyl sites for hydroxylation is 1. The SMILES string of the molecule is COC(=O)CC1C(=O)NCCN1Cc1cc(=O)oc2cc(C)c(C(C)C)cc12. The number of carbonyl (C=O) groups excluding carboxylic acids is 2. The lowest BCUT2D eigenvalue weighted by Gasteiger charge is -2.34. The largest absolute Gasteiger partial charge is 0.469 e. The molecule has 7 nitrogen and oxygen atoms in total. The molecule has 2 aromatic rings. The van der Waals surface area contributed by atoms with Gasteiger partial charge in [0, 0.05) is 31.1 Å². The van der Waals surface area contributed by atoms with Crippen LogP contribution in [0.3, 0.4) is 0 Å². The van der Waals surface area contributed by atoms with Gasteiger partial charge in [-0.25, -0.2) is 4.79 Å². The maximum Gasteiger partial charge on any atom is 0.336 e. The molecule has 1 aliphatic rings. The minimum atomic E-state index is -0.626. The fourth-order valence-corrected chi connectivity index (χ4v) is 3.78. The molecule has 1 fully saturated rings. The monoisotopic (exact) mass is 386 g/mol. The Kier molecular flexibility index (Phi) is 5.84. The van der Waals surface area contributed by atoms with Crippen LogP contribution in [0.4, 0.5) is 0 Å². The highest BCUT2D eigenvalue weighted by Gasteiger charge is 2.32. The van der Waals surface area contributed by atoms with Gasteiger partial charge in [0.2, 0.25) is 5.91 Å². The average molecular weight is 386 g/mol. The van der Waals surface area contributed by atoms with E-state index in [-0.39, 0.29) is 12.3 Å². The molecule has 0 aliphatic carbocycles. The van der Waals surface area contributed by atoms with Crippen LogP contribution < -0.4 is 10.9 Å². The second kappa shape index (κ2) is 8.14. The molecule has 1 atom stereocenters. The fraction of sp³-hybridized carbons (Fsp3) is 0.476. The van der Waals surface area contributed by atoms with E-state index in [1.807, 2.05) is 17.9 Å². The van der Waals surface area contributed by atoms with Gasteiger partial charge in [-0.2, -0.15) is 0 Å². The summed E-state index contributed by atoms with van der Waals surface area (Å²) in [5.41, 5.74) is 3.16. The highest BCUT2D eigenvalue weighted by Crippen LogP contribution is 2.28. The van der Waals surface area contributed by atoms with Crippen LogP contribution >= 0.6 is 0 Å². The molecular formula is C21H26N2O5. The van der Waals surface area contributed by atoms with E-state index in [0.29, 0.717) is 31.1 Å². The number of benzene rings is 1. The number of ether oxygens (including phenoxy) is 1. The number of nitrogens with one attached hydrogen (secondary N) is 1. The van der Waals surface area contributed by atoms with E-state index in [4.69, 9.17) is 9.15 Å². The number of nitrogens with zero attached hydrogens (tertiary/aromatic N) is 1. The van der Waals surface area contributed by atoms with Crippen molar-refractivity contribution < 1.29 is 18.7 Å². The van der Waals surface area contributed by atoms with Gasteiger partial charge in [0.15, 0.2) is 0 Å². The number of piperazine rings is 1. The van der Waals surface area contributed by atoms with Gasteiger partial charge in [-0.05, 0) is 41.7 Å². The van der Waals surface area contributed by atoms with Gasteiger partial charge in [0.1, 0.15) is 11.6 Å². The number of hydrogen-bond donors (Lipinski definition) is 1. The lowest BCUT2D eigenvalue weighted by atomic mass is 9.94. The topological polar surface area (TPSA) is 88.9 Å². The quantitative estimate of drug-likeness (QED) is 0.625. The first kappa shape index (κ1) is 20.1. The van der Waals surface area contributed by atoms with Crippen LogP contribution in [0, 0.1) is 6.92 Å². The summed E-state index contributed by atoms with van der Waals surface area (Å²) in [4.78, 5) is 38.1. The van der Waals surface area contributed by atoms with E-state index < -0.39 is 17.6 Å². The second-order valence-electron chi connectivity index (χ2n) is 7.51. The third-order valence-electron chi connectivity index (χ3n) is 5.24. The Balaban J connectivity index is 2.02. The Hall–Kier alpha value is -2.67. The Morgan fingerprint density at radius 3 is 2.75 bits per heavy atom. The summed E-state index contributed by atoms with van der Waals surface area (Å²) in [6.07, 6.45) is -0.0297. The van der Waals surface area contributed by atoms with E-state index in [1.165, 1.54) is 18.7 Å². The van der Waals surface area contributed by atoms with Crippen LogP contribution in [0.5, 0.6) is 0 Å². The zero-order valence-corrected chi connectivity index (χ0v) is 16.7. The summed E-state index contributed by atoms with van der Waals surface area (Å²) in [7, 11) is 1.30. The molecule has 0 saturated carbocycles. The van der Waals surface area contributed by atoms with Gasteiger partial charge in [-0.15, -0.1) is 0 Å². The molecule has 1 aromatic carbocycles. The highest BCUT2D eigenvalue weighted by atomic mass is 16.5. The molecule has 0 bridgehead atoms. The lowest BCUT2D eigenvalue weighted by molar-refractivity contribution is -0.146. The maximum atomic E-state index is 12.3. The van der Waals surface area contributed by atoms with Crippen molar-refractivity contribution in [2.45, 2.75) is 45.7 Å². The van der Waals surface area contributed by atoms with Crippen LogP contribution in [0.15, 0.2) is 27.4 Å². The molecular weight excluding hydrogens is 360 g/mol. The van der Waals surface area contributed by atoms with Gasteiger partial charge < -0.3 is 14.5 Å². The fourth-order valence-electron chi connectivity index (χ4n) is 3.78.